The van der Waals surface area contributed by atoms with Crippen molar-refractivity contribution < 1.29 is 28.7 Å². The maximum Gasteiger partial charge on any atom is 0.310 e. The van der Waals surface area contributed by atoms with Gasteiger partial charge in [0.15, 0.2) is 0 Å². The average molecular weight is 512 g/mol. The van der Waals surface area contributed by atoms with Crippen LogP contribution in [0.2, 0.25) is 0 Å². The number of carboxylic acid groups (broad SMARTS) is 1. The Morgan fingerprint density at radius 1 is 1.09 bits per heavy atom. The summed E-state index contributed by atoms with van der Waals surface area (Å²) in [6.07, 6.45) is 13.9. The number of hydrogen-bond donors (Lipinski definition) is 0. The average Bonchev–Trinajstić information content (AvgIpc) is 3.27. The second kappa shape index (κ2) is 17.4. The maximum absolute atomic E-state index is 12.3. The largest absolute Gasteiger partial charge is 0.550 e. The zero-order chi connectivity index (χ0) is 26.1. The third-order valence-electron chi connectivity index (χ3n) is 6.23. The van der Waals surface area contributed by atoms with Gasteiger partial charge in [0.05, 0.1) is 31.9 Å². The van der Waals surface area contributed by atoms with Crippen LogP contribution in [0.15, 0.2) is 6.08 Å². The fourth-order valence-corrected chi connectivity index (χ4v) is 4.50. The first-order valence-corrected chi connectivity index (χ1v) is 13.8. The lowest BCUT2D eigenvalue weighted by Gasteiger charge is -2.41. The normalized spacial score (nSPS) is 18.1. The number of rotatable bonds is 15. The van der Waals surface area contributed by atoms with Crippen molar-refractivity contribution in [2.45, 2.75) is 105 Å². The molecule has 0 radical (unpaired) electrons. The summed E-state index contributed by atoms with van der Waals surface area (Å²) < 4.78 is 21.4. The Hall–Kier alpha value is -2.00. The van der Waals surface area contributed by atoms with Gasteiger partial charge in [0, 0.05) is 31.3 Å². The Balaban J connectivity index is 0.00000142. The number of unbranched alkanes of at least 4 members (excludes halogenated alkanes) is 7. The lowest BCUT2D eigenvalue weighted by atomic mass is 10.0. The van der Waals surface area contributed by atoms with E-state index in [0.717, 1.165) is 57.0 Å². The van der Waals surface area contributed by atoms with E-state index in [0.29, 0.717) is 23.4 Å². The molecule has 0 aromatic carbocycles. The molecule has 200 valence electrons. The molecular formula is C26H45N3O5S. The molecule has 1 aliphatic heterocycles. The summed E-state index contributed by atoms with van der Waals surface area (Å²) in [7, 11) is 2.16. The zero-order valence-corrected chi connectivity index (χ0v) is 23.2. The summed E-state index contributed by atoms with van der Waals surface area (Å²) in [6.45, 7) is 9.79. The van der Waals surface area contributed by atoms with Crippen LogP contribution in [0.4, 0.5) is 0 Å². The minimum atomic E-state index is -1.08. The van der Waals surface area contributed by atoms with Gasteiger partial charge < -0.3 is 19.4 Å². The van der Waals surface area contributed by atoms with E-state index in [1.54, 1.807) is 0 Å². The molecule has 0 N–H and O–H groups in total. The second-order valence-electron chi connectivity index (χ2n) is 9.45. The van der Waals surface area contributed by atoms with Crippen LogP contribution in [-0.2, 0) is 14.3 Å². The van der Waals surface area contributed by atoms with E-state index >= 15 is 0 Å². The van der Waals surface area contributed by atoms with Gasteiger partial charge in [0.25, 0.3) is 5.88 Å². The van der Waals surface area contributed by atoms with Crippen molar-refractivity contribution in [3.05, 3.63) is 11.8 Å². The number of nitrogens with zero attached hydrogens (tertiary/aromatic N) is 3. The number of carbonyl (C=O) groups is 2. The topological polar surface area (TPSA) is 101 Å². The van der Waals surface area contributed by atoms with Crippen molar-refractivity contribution in [3.8, 4) is 5.88 Å². The molecular weight excluding hydrogens is 466 g/mol. The Morgan fingerprint density at radius 2 is 1.71 bits per heavy atom. The number of aliphatic carboxylic acids is 1. The molecule has 0 saturated carbocycles. The van der Waals surface area contributed by atoms with Gasteiger partial charge in [-0.1, -0.05) is 64.9 Å². The SMILES string of the molecule is CC(=O)[O-].CCCCCCCC(=O)OC(C)[N+]1(C)CCC=C(c2nsnc2OCCCCCC)C1. The summed E-state index contributed by atoms with van der Waals surface area (Å²) in [6, 6.07) is 0. The van der Waals surface area contributed by atoms with Crippen LogP contribution in [0, 0.1) is 0 Å². The van der Waals surface area contributed by atoms with E-state index in [-0.39, 0.29) is 12.2 Å². The number of ether oxygens (including phenoxy) is 2. The summed E-state index contributed by atoms with van der Waals surface area (Å²) >= 11 is 1.20. The molecule has 1 aliphatic rings. The van der Waals surface area contributed by atoms with Crippen LogP contribution >= 0.6 is 11.7 Å². The van der Waals surface area contributed by atoms with E-state index < -0.39 is 5.97 Å². The number of quaternary nitrogens is 1. The predicted molar refractivity (Wildman–Crippen MR) is 138 cm³/mol. The van der Waals surface area contributed by atoms with Gasteiger partial charge in [-0.15, -0.1) is 4.37 Å². The molecule has 1 aromatic heterocycles. The fourth-order valence-electron chi connectivity index (χ4n) is 3.97. The molecule has 0 bridgehead atoms. The molecule has 2 heterocycles. The summed E-state index contributed by atoms with van der Waals surface area (Å²) in [5.41, 5.74) is 2.01. The molecule has 1 aromatic rings. The van der Waals surface area contributed by atoms with Crippen LogP contribution in [0.25, 0.3) is 5.57 Å². The number of esters is 1. The quantitative estimate of drug-likeness (QED) is 0.190. The van der Waals surface area contributed by atoms with Gasteiger partial charge in [-0.2, -0.15) is 4.37 Å². The van der Waals surface area contributed by atoms with E-state index in [1.165, 1.54) is 50.3 Å². The molecule has 2 atom stereocenters. The van der Waals surface area contributed by atoms with E-state index in [4.69, 9.17) is 19.4 Å². The van der Waals surface area contributed by atoms with Crippen LogP contribution in [0.5, 0.6) is 5.88 Å². The highest BCUT2D eigenvalue weighted by molar-refractivity contribution is 6.99. The number of hydrogen-bond acceptors (Lipinski definition) is 8. The highest BCUT2D eigenvalue weighted by Gasteiger charge is 2.36. The first-order valence-electron chi connectivity index (χ1n) is 13.1. The molecule has 0 amide bonds. The monoisotopic (exact) mass is 511 g/mol. The Morgan fingerprint density at radius 3 is 2.37 bits per heavy atom. The molecule has 35 heavy (non-hydrogen) atoms. The molecule has 0 saturated heterocycles. The Labute approximate surface area is 215 Å². The van der Waals surface area contributed by atoms with Crippen molar-refractivity contribution >= 4 is 29.2 Å². The first-order chi connectivity index (χ1) is 16.7. The highest BCUT2D eigenvalue weighted by Crippen LogP contribution is 2.31. The maximum atomic E-state index is 12.3. The van der Waals surface area contributed by atoms with E-state index in [1.807, 2.05) is 6.92 Å². The van der Waals surface area contributed by atoms with Crippen LogP contribution in [0.3, 0.4) is 0 Å². The van der Waals surface area contributed by atoms with Crippen LogP contribution < -0.4 is 9.84 Å². The van der Waals surface area contributed by atoms with Gasteiger partial charge in [-0.05, 0) is 19.8 Å². The fraction of sp³-hybridized carbons (Fsp3) is 0.769. The van der Waals surface area contributed by atoms with Crippen molar-refractivity contribution in [1.82, 2.24) is 8.75 Å². The zero-order valence-electron chi connectivity index (χ0n) is 22.3. The Bertz CT molecular complexity index is 779. The van der Waals surface area contributed by atoms with Gasteiger partial charge >= 0.3 is 5.97 Å². The first kappa shape index (κ1) is 31.0. The van der Waals surface area contributed by atoms with Gasteiger partial charge in [0.2, 0.25) is 6.23 Å². The standard InChI is InChI=1S/C24H42N3O3S.C2H4O2/c1-5-7-9-11-12-16-22(28)30-20(3)27(4)17-14-15-21(19-27)23-24(26-31-25-23)29-18-13-10-8-6-2;1-2(3)4/h15,20H,5-14,16-19H2,1-4H3;1H3,(H,3,4)/q+1;/p-1. The summed E-state index contributed by atoms with van der Waals surface area (Å²) in [5.74, 6) is -0.510. The van der Waals surface area contributed by atoms with Crippen molar-refractivity contribution in [1.29, 1.82) is 0 Å². The molecule has 2 rings (SSSR count). The lowest BCUT2D eigenvalue weighted by Crippen LogP contribution is -2.55. The van der Waals surface area contributed by atoms with Gasteiger partial charge in [-0.25, -0.2) is 0 Å². The molecule has 2 unspecified atom stereocenters. The van der Waals surface area contributed by atoms with E-state index in [2.05, 4.69) is 35.7 Å². The smallest absolute Gasteiger partial charge is 0.310 e. The summed E-state index contributed by atoms with van der Waals surface area (Å²) in [5, 5.41) is 8.89. The van der Waals surface area contributed by atoms with Crippen LogP contribution in [-0.4, -0.2) is 58.1 Å². The Kier molecular flexibility index (Phi) is 15.5. The van der Waals surface area contributed by atoms with Gasteiger partial charge in [0.1, 0.15) is 12.2 Å². The lowest BCUT2D eigenvalue weighted by molar-refractivity contribution is -0.944. The number of carboxylic acids is 1. The highest BCUT2D eigenvalue weighted by atomic mass is 32.1. The van der Waals surface area contributed by atoms with Gasteiger partial charge in [-0.3, -0.25) is 9.28 Å². The second-order valence-corrected chi connectivity index (χ2v) is 9.98. The molecule has 8 nitrogen and oxygen atoms in total. The van der Waals surface area contributed by atoms with Crippen molar-refractivity contribution in [3.63, 3.8) is 0 Å². The minimum Gasteiger partial charge on any atom is -0.550 e. The number of aromatic nitrogens is 2. The molecule has 0 aliphatic carbocycles. The van der Waals surface area contributed by atoms with Crippen molar-refractivity contribution in [2.75, 3.05) is 26.7 Å². The molecule has 9 heteroatoms. The van der Waals surface area contributed by atoms with E-state index in [9.17, 15) is 4.79 Å². The van der Waals surface area contributed by atoms with Crippen molar-refractivity contribution in [2.24, 2.45) is 0 Å². The molecule has 0 fully saturated rings. The third kappa shape index (κ3) is 12.5. The number of carbonyl (C=O) groups excluding carboxylic acids is 2. The predicted octanol–water partition coefficient (Wildman–Crippen LogP) is 4.74. The third-order valence-corrected chi connectivity index (χ3v) is 6.74. The summed E-state index contributed by atoms with van der Waals surface area (Å²) in [4.78, 5) is 21.2. The molecule has 0 spiro atoms. The number of likely N-dealkylation sites (N-methyl/N-ethyl adjacent to an activating group) is 1. The minimum absolute atomic E-state index is 0.0779. The van der Waals surface area contributed by atoms with Crippen LogP contribution in [0.1, 0.15) is 104 Å².